The molecule has 0 aliphatic heterocycles. The fourth-order valence-electron chi connectivity index (χ4n) is 2.50. The highest BCUT2D eigenvalue weighted by Gasteiger charge is 2.11. The number of hydrogen-bond acceptors (Lipinski definition) is 5. The van der Waals surface area contributed by atoms with E-state index < -0.39 is 0 Å². The van der Waals surface area contributed by atoms with Crippen LogP contribution in [0, 0.1) is 0 Å². The van der Waals surface area contributed by atoms with Gasteiger partial charge in [0.15, 0.2) is 5.82 Å². The molecule has 0 aliphatic rings. The summed E-state index contributed by atoms with van der Waals surface area (Å²) in [5, 5.41) is 14.4. The molecule has 7 heteroatoms. The predicted molar refractivity (Wildman–Crippen MR) is 111 cm³/mol. The fraction of sp³-hybridized carbons (Fsp3) is 0.250. The highest BCUT2D eigenvalue weighted by atomic mass is 35.5. The lowest BCUT2D eigenvalue weighted by atomic mass is 10.1. The van der Waals surface area contributed by atoms with Crippen molar-refractivity contribution in [3.8, 4) is 5.75 Å². The molecule has 0 saturated heterocycles. The normalized spacial score (nSPS) is 11.4. The summed E-state index contributed by atoms with van der Waals surface area (Å²) in [4.78, 5) is 0. The van der Waals surface area contributed by atoms with Crippen LogP contribution in [0.5, 0.6) is 5.75 Å². The van der Waals surface area contributed by atoms with Crippen LogP contribution in [0.1, 0.15) is 30.8 Å². The van der Waals surface area contributed by atoms with Gasteiger partial charge in [0, 0.05) is 6.42 Å². The zero-order chi connectivity index (χ0) is 19.2. The second-order valence-corrected chi connectivity index (χ2v) is 7.36. The fourth-order valence-corrected chi connectivity index (χ4v) is 3.18. The van der Waals surface area contributed by atoms with Crippen LogP contribution in [-0.4, -0.2) is 33.4 Å². The standard InChI is InChI=1S/C20H21ClN4OS/c1-14(2)26-18-10-9-16(11-17(18)21)13-22-25-19(23-24-20(25)27-3)12-15-7-5-4-6-8-15/h4-11,13-14H,12H2,1-3H3/b22-13-. The molecular formula is C20H21ClN4OS. The van der Waals surface area contributed by atoms with Gasteiger partial charge in [-0.25, -0.2) is 0 Å². The molecule has 140 valence electrons. The highest BCUT2D eigenvalue weighted by molar-refractivity contribution is 7.98. The van der Waals surface area contributed by atoms with Gasteiger partial charge in [-0.2, -0.15) is 9.78 Å². The molecule has 0 radical (unpaired) electrons. The smallest absolute Gasteiger partial charge is 0.211 e. The molecule has 3 aromatic rings. The molecule has 1 heterocycles. The van der Waals surface area contributed by atoms with E-state index in [1.54, 1.807) is 10.9 Å². The van der Waals surface area contributed by atoms with Gasteiger partial charge in [0.1, 0.15) is 5.75 Å². The molecule has 27 heavy (non-hydrogen) atoms. The minimum Gasteiger partial charge on any atom is -0.489 e. The van der Waals surface area contributed by atoms with E-state index in [4.69, 9.17) is 16.3 Å². The Morgan fingerprint density at radius 1 is 1.19 bits per heavy atom. The van der Waals surface area contributed by atoms with Crippen LogP contribution >= 0.6 is 23.4 Å². The van der Waals surface area contributed by atoms with Crippen molar-refractivity contribution in [3.05, 3.63) is 70.5 Å². The summed E-state index contributed by atoms with van der Waals surface area (Å²) >= 11 is 7.81. The lowest BCUT2D eigenvalue weighted by Crippen LogP contribution is -2.06. The maximum Gasteiger partial charge on any atom is 0.211 e. The Labute approximate surface area is 168 Å². The van der Waals surface area contributed by atoms with Gasteiger partial charge in [0.25, 0.3) is 0 Å². The summed E-state index contributed by atoms with van der Waals surface area (Å²) < 4.78 is 7.44. The van der Waals surface area contributed by atoms with Crippen molar-refractivity contribution in [1.82, 2.24) is 14.9 Å². The average Bonchev–Trinajstić information content (AvgIpc) is 3.04. The highest BCUT2D eigenvalue weighted by Crippen LogP contribution is 2.26. The minimum absolute atomic E-state index is 0.0729. The Hall–Kier alpha value is -2.31. The molecule has 0 fully saturated rings. The van der Waals surface area contributed by atoms with Crippen LogP contribution in [0.25, 0.3) is 0 Å². The summed E-state index contributed by atoms with van der Waals surface area (Å²) in [6, 6.07) is 15.8. The molecule has 2 aromatic carbocycles. The van der Waals surface area contributed by atoms with E-state index in [2.05, 4.69) is 27.4 Å². The van der Waals surface area contributed by atoms with Crippen LogP contribution in [0.4, 0.5) is 0 Å². The third-order valence-corrected chi connectivity index (χ3v) is 4.62. The Bertz CT molecular complexity index is 925. The van der Waals surface area contributed by atoms with Gasteiger partial charge in [-0.15, -0.1) is 10.2 Å². The van der Waals surface area contributed by atoms with Crippen molar-refractivity contribution >= 4 is 29.6 Å². The lowest BCUT2D eigenvalue weighted by molar-refractivity contribution is 0.242. The number of nitrogens with zero attached hydrogens (tertiary/aromatic N) is 4. The third kappa shape index (κ3) is 5.11. The van der Waals surface area contributed by atoms with Gasteiger partial charge in [0.05, 0.1) is 17.3 Å². The zero-order valence-corrected chi connectivity index (χ0v) is 17.0. The molecule has 5 nitrogen and oxygen atoms in total. The molecule has 0 saturated carbocycles. The Balaban J connectivity index is 1.84. The number of ether oxygens (including phenoxy) is 1. The van der Waals surface area contributed by atoms with Gasteiger partial charge in [0.2, 0.25) is 5.16 Å². The first-order chi connectivity index (χ1) is 13.1. The van der Waals surface area contributed by atoms with Crippen molar-refractivity contribution in [3.63, 3.8) is 0 Å². The van der Waals surface area contributed by atoms with Gasteiger partial charge in [-0.1, -0.05) is 53.7 Å². The van der Waals surface area contributed by atoms with Crippen molar-refractivity contribution in [2.45, 2.75) is 31.5 Å². The molecule has 0 aliphatic carbocycles. The Morgan fingerprint density at radius 3 is 2.63 bits per heavy atom. The first-order valence-corrected chi connectivity index (χ1v) is 10.2. The second kappa shape index (κ2) is 9.06. The number of aromatic nitrogens is 3. The van der Waals surface area contributed by atoms with Gasteiger partial charge in [-0.05, 0) is 49.4 Å². The number of rotatable bonds is 7. The third-order valence-electron chi connectivity index (χ3n) is 3.71. The largest absolute Gasteiger partial charge is 0.489 e. The molecule has 3 rings (SSSR count). The first kappa shape index (κ1) is 19.5. The van der Waals surface area contributed by atoms with Crippen LogP contribution in [0.15, 0.2) is 58.8 Å². The number of thioether (sulfide) groups is 1. The number of hydrogen-bond donors (Lipinski definition) is 0. The van der Waals surface area contributed by atoms with Gasteiger partial charge >= 0.3 is 0 Å². The molecule has 0 bridgehead atoms. The molecule has 0 unspecified atom stereocenters. The second-order valence-electron chi connectivity index (χ2n) is 6.18. The summed E-state index contributed by atoms with van der Waals surface area (Å²) in [5.74, 6) is 1.45. The van der Waals surface area contributed by atoms with Crippen molar-refractivity contribution < 1.29 is 4.74 Å². The van der Waals surface area contributed by atoms with E-state index >= 15 is 0 Å². The van der Waals surface area contributed by atoms with Crippen molar-refractivity contribution in [2.75, 3.05) is 6.26 Å². The Kier molecular flexibility index (Phi) is 6.53. The van der Waals surface area contributed by atoms with E-state index in [0.29, 0.717) is 17.2 Å². The summed E-state index contributed by atoms with van der Waals surface area (Å²) in [5.41, 5.74) is 2.04. The average molecular weight is 401 g/mol. The number of halogens is 1. The Morgan fingerprint density at radius 2 is 1.96 bits per heavy atom. The predicted octanol–water partition coefficient (Wildman–Crippen LogP) is 4.91. The quantitative estimate of drug-likeness (QED) is 0.417. The van der Waals surface area contributed by atoms with Crippen LogP contribution in [-0.2, 0) is 6.42 Å². The molecule has 0 N–H and O–H groups in total. The topological polar surface area (TPSA) is 52.3 Å². The maximum absolute atomic E-state index is 6.31. The van der Waals surface area contributed by atoms with Gasteiger partial charge in [-0.3, -0.25) is 0 Å². The summed E-state index contributed by atoms with van der Waals surface area (Å²) in [7, 11) is 0. The van der Waals surface area contributed by atoms with Gasteiger partial charge < -0.3 is 4.74 Å². The lowest BCUT2D eigenvalue weighted by Gasteiger charge is -2.11. The van der Waals surface area contributed by atoms with E-state index in [9.17, 15) is 0 Å². The SMILES string of the molecule is CSc1nnc(Cc2ccccc2)n1/N=C\c1ccc(OC(C)C)c(Cl)c1. The molecule has 0 spiro atoms. The van der Waals surface area contributed by atoms with E-state index in [-0.39, 0.29) is 6.10 Å². The summed E-state index contributed by atoms with van der Waals surface area (Å²) in [6.07, 6.45) is 4.44. The van der Waals surface area contributed by atoms with E-state index in [1.807, 2.05) is 56.5 Å². The van der Waals surface area contributed by atoms with Crippen LogP contribution in [0.2, 0.25) is 5.02 Å². The number of benzene rings is 2. The maximum atomic E-state index is 6.31. The van der Waals surface area contributed by atoms with Crippen molar-refractivity contribution in [1.29, 1.82) is 0 Å². The van der Waals surface area contributed by atoms with Crippen LogP contribution < -0.4 is 4.74 Å². The van der Waals surface area contributed by atoms with E-state index in [0.717, 1.165) is 22.1 Å². The molecule has 0 amide bonds. The van der Waals surface area contributed by atoms with Crippen molar-refractivity contribution in [2.24, 2.45) is 5.10 Å². The molecule has 1 aromatic heterocycles. The summed E-state index contributed by atoms with van der Waals surface area (Å²) in [6.45, 7) is 3.94. The van der Waals surface area contributed by atoms with E-state index in [1.165, 1.54) is 11.8 Å². The first-order valence-electron chi connectivity index (χ1n) is 8.59. The zero-order valence-electron chi connectivity index (χ0n) is 15.5. The van der Waals surface area contributed by atoms with Crippen LogP contribution in [0.3, 0.4) is 0 Å². The monoisotopic (exact) mass is 400 g/mol. The molecule has 0 atom stereocenters. The minimum atomic E-state index is 0.0729. The molecular weight excluding hydrogens is 380 g/mol.